The van der Waals surface area contributed by atoms with Crippen LogP contribution in [0, 0.1) is 10.1 Å². The standard InChI is InChI=1S/C10H8ClNO4/c1-16-10(13)9(11)6-7-3-2-4-8(5-7)12(14)15/h2-6H,1H3/b9-6-. The summed E-state index contributed by atoms with van der Waals surface area (Å²) in [7, 11) is 1.20. The molecule has 0 amide bonds. The van der Waals surface area contributed by atoms with E-state index in [1.807, 2.05) is 0 Å². The smallest absolute Gasteiger partial charge is 0.349 e. The third kappa shape index (κ3) is 3.06. The third-order valence-corrected chi connectivity index (χ3v) is 2.02. The van der Waals surface area contributed by atoms with Crippen molar-refractivity contribution in [2.45, 2.75) is 0 Å². The average molecular weight is 242 g/mol. The zero-order valence-electron chi connectivity index (χ0n) is 8.34. The van der Waals surface area contributed by atoms with E-state index in [0.717, 1.165) is 0 Å². The second-order valence-corrected chi connectivity index (χ2v) is 3.24. The summed E-state index contributed by atoms with van der Waals surface area (Å²) in [5, 5.41) is 10.4. The SMILES string of the molecule is COC(=O)/C(Cl)=C/c1cccc([N+](=O)[O-])c1. The van der Waals surface area contributed by atoms with Gasteiger partial charge in [0.2, 0.25) is 0 Å². The molecule has 1 aromatic rings. The van der Waals surface area contributed by atoms with Gasteiger partial charge in [-0.25, -0.2) is 4.79 Å². The first-order valence-electron chi connectivity index (χ1n) is 4.24. The molecule has 0 heterocycles. The number of rotatable bonds is 3. The highest BCUT2D eigenvalue weighted by molar-refractivity contribution is 6.43. The molecule has 1 rings (SSSR count). The number of hydrogen-bond donors (Lipinski definition) is 0. The Kier molecular flexibility index (Phi) is 4.02. The monoisotopic (exact) mass is 241 g/mol. The highest BCUT2D eigenvalue weighted by atomic mass is 35.5. The van der Waals surface area contributed by atoms with Crippen LogP contribution >= 0.6 is 11.6 Å². The number of carbonyl (C=O) groups is 1. The molecule has 0 aromatic heterocycles. The molecule has 0 saturated heterocycles. The van der Waals surface area contributed by atoms with Crippen LogP contribution in [0.15, 0.2) is 29.3 Å². The predicted octanol–water partition coefficient (Wildman–Crippen LogP) is 2.35. The number of methoxy groups -OCH3 is 1. The Morgan fingerprint density at radius 1 is 1.56 bits per heavy atom. The molecule has 0 N–H and O–H groups in total. The van der Waals surface area contributed by atoms with Gasteiger partial charge in [0.05, 0.1) is 12.0 Å². The summed E-state index contributed by atoms with van der Waals surface area (Å²) >= 11 is 5.61. The Morgan fingerprint density at radius 3 is 2.81 bits per heavy atom. The fraction of sp³-hybridized carbons (Fsp3) is 0.100. The fourth-order valence-electron chi connectivity index (χ4n) is 1.03. The number of carbonyl (C=O) groups excluding carboxylic acids is 1. The Hall–Kier alpha value is -1.88. The summed E-state index contributed by atoms with van der Waals surface area (Å²) in [5.41, 5.74) is 0.396. The number of benzene rings is 1. The predicted molar refractivity (Wildman–Crippen MR) is 58.9 cm³/mol. The van der Waals surface area contributed by atoms with Gasteiger partial charge < -0.3 is 4.74 Å². The van der Waals surface area contributed by atoms with Crippen LogP contribution in [0.2, 0.25) is 0 Å². The van der Waals surface area contributed by atoms with Crippen LogP contribution in [0.1, 0.15) is 5.56 Å². The zero-order valence-corrected chi connectivity index (χ0v) is 9.10. The molecule has 0 atom stereocenters. The summed E-state index contributed by atoms with van der Waals surface area (Å²) in [6.07, 6.45) is 1.31. The molecule has 16 heavy (non-hydrogen) atoms. The molecule has 0 aliphatic carbocycles. The van der Waals surface area contributed by atoms with Crippen LogP contribution < -0.4 is 0 Å². The topological polar surface area (TPSA) is 69.4 Å². The molecule has 0 aliphatic rings. The van der Waals surface area contributed by atoms with Crippen LogP contribution in [-0.2, 0) is 9.53 Å². The first-order valence-corrected chi connectivity index (χ1v) is 4.62. The third-order valence-electron chi connectivity index (χ3n) is 1.75. The van der Waals surface area contributed by atoms with Gasteiger partial charge in [-0.15, -0.1) is 0 Å². The number of halogens is 1. The van der Waals surface area contributed by atoms with Gasteiger partial charge in [-0.2, -0.15) is 0 Å². The summed E-state index contributed by atoms with van der Waals surface area (Å²) in [5.74, 6) is -0.687. The van der Waals surface area contributed by atoms with E-state index < -0.39 is 10.9 Å². The van der Waals surface area contributed by atoms with Crippen molar-refractivity contribution in [2.75, 3.05) is 7.11 Å². The molecule has 84 valence electrons. The van der Waals surface area contributed by atoms with E-state index in [2.05, 4.69) is 4.74 Å². The molecule has 0 fully saturated rings. The molecule has 0 spiro atoms. The van der Waals surface area contributed by atoms with Crippen molar-refractivity contribution < 1.29 is 14.5 Å². The van der Waals surface area contributed by atoms with Gasteiger partial charge in [0.15, 0.2) is 0 Å². The van der Waals surface area contributed by atoms with Crippen molar-refractivity contribution in [2.24, 2.45) is 0 Å². The Balaban J connectivity index is 3.02. The molecule has 5 nitrogen and oxygen atoms in total. The number of hydrogen-bond acceptors (Lipinski definition) is 4. The minimum Gasteiger partial charge on any atom is -0.465 e. The molecule has 1 aromatic carbocycles. The van der Waals surface area contributed by atoms with Gasteiger partial charge in [-0.05, 0) is 11.6 Å². The molecular formula is C10H8ClNO4. The van der Waals surface area contributed by atoms with E-state index in [9.17, 15) is 14.9 Å². The lowest BCUT2D eigenvalue weighted by atomic mass is 10.2. The van der Waals surface area contributed by atoms with Crippen LogP contribution in [-0.4, -0.2) is 18.0 Å². The fourth-order valence-corrected chi connectivity index (χ4v) is 1.23. The van der Waals surface area contributed by atoms with Crippen molar-refractivity contribution in [3.05, 3.63) is 45.0 Å². The van der Waals surface area contributed by atoms with Gasteiger partial charge in [0.25, 0.3) is 5.69 Å². The second kappa shape index (κ2) is 5.27. The highest BCUT2D eigenvalue weighted by Crippen LogP contribution is 2.17. The molecule has 0 saturated carbocycles. The van der Waals surface area contributed by atoms with E-state index >= 15 is 0 Å². The maximum Gasteiger partial charge on any atom is 0.349 e. The van der Waals surface area contributed by atoms with Crippen molar-refractivity contribution >= 4 is 29.3 Å². The van der Waals surface area contributed by atoms with Crippen LogP contribution in [0.4, 0.5) is 5.69 Å². The van der Waals surface area contributed by atoms with Crippen molar-refractivity contribution in [3.8, 4) is 0 Å². The minimum absolute atomic E-state index is 0.0666. The molecular weight excluding hydrogens is 234 g/mol. The molecule has 6 heteroatoms. The van der Waals surface area contributed by atoms with E-state index in [-0.39, 0.29) is 10.7 Å². The highest BCUT2D eigenvalue weighted by Gasteiger charge is 2.08. The van der Waals surface area contributed by atoms with Crippen molar-refractivity contribution in [1.82, 2.24) is 0 Å². The summed E-state index contributed by atoms with van der Waals surface area (Å²) in [6.45, 7) is 0. The lowest BCUT2D eigenvalue weighted by Crippen LogP contribution is -1.99. The van der Waals surface area contributed by atoms with E-state index in [1.165, 1.54) is 31.4 Å². The average Bonchev–Trinajstić information content (AvgIpc) is 2.28. The van der Waals surface area contributed by atoms with Crippen LogP contribution in [0.25, 0.3) is 6.08 Å². The number of nitro benzene ring substituents is 1. The van der Waals surface area contributed by atoms with Crippen molar-refractivity contribution in [3.63, 3.8) is 0 Å². The van der Waals surface area contributed by atoms with Crippen molar-refractivity contribution in [1.29, 1.82) is 0 Å². The van der Waals surface area contributed by atoms with Crippen LogP contribution in [0.5, 0.6) is 0 Å². The van der Waals surface area contributed by atoms with Gasteiger partial charge >= 0.3 is 5.97 Å². The number of nitrogens with zero attached hydrogens (tertiary/aromatic N) is 1. The number of nitro groups is 1. The lowest BCUT2D eigenvalue weighted by Gasteiger charge is -1.97. The molecule has 0 aliphatic heterocycles. The van der Waals surface area contributed by atoms with Gasteiger partial charge in [-0.3, -0.25) is 10.1 Å². The van der Waals surface area contributed by atoms with E-state index in [4.69, 9.17) is 11.6 Å². The normalized spacial score (nSPS) is 11.0. The molecule has 0 bridgehead atoms. The summed E-state index contributed by atoms with van der Waals surface area (Å²) < 4.78 is 4.39. The maximum atomic E-state index is 11.0. The van der Waals surface area contributed by atoms with Crippen LogP contribution in [0.3, 0.4) is 0 Å². The number of ether oxygens (including phenoxy) is 1. The van der Waals surface area contributed by atoms with Gasteiger partial charge in [0.1, 0.15) is 5.03 Å². The number of non-ortho nitro benzene ring substituents is 1. The largest absolute Gasteiger partial charge is 0.465 e. The Bertz CT molecular complexity index is 456. The second-order valence-electron chi connectivity index (χ2n) is 2.84. The minimum atomic E-state index is -0.687. The Morgan fingerprint density at radius 2 is 2.25 bits per heavy atom. The zero-order chi connectivity index (χ0) is 12.1. The van der Waals surface area contributed by atoms with E-state index in [1.54, 1.807) is 6.07 Å². The first-order chi connectivity index (χ1) is 7.54. The quantitative estimate of drug-likeness (QED) is 0.353. The van der Waals surface area contributed by atoms with E-state index in [0.29, 0.717) is 5.56 Å². The van der Waals surface area contributed by atoms with Gasteiger partial charge in [-0.1, -0.05) is 23.7 Å². The Labute approximate surface area is 96.4 Å². The lowest BCUT2D eigenvalue weighted by molar-refractivity contribution is -0.384. The molecule has 0 unspecified atom stereocenters. The molecule has 0 radical (unpaired) electrons. The first kappa shape index (κ1) is 12.2. The number of esters is 1. The van der Waals surface area contributed by atoms with Gasteiger partial charge in [0, 0.05) is 12.1 Å². The maximum absolute atomic E-state index is 11.0. The summed E-state index contributed by atoms with van der Waals surface area (Å²) in [4.78, 5) is 20.9. The summed E-state index contributed by atoms with van der Waals surface area (Å²) in [6, 6.07) is 5.76.